The summed E-state index contributed by atoms with van der Waals surface area (Å²) in [6.45, 7) is 10.7. The molecule has 0 spiro atoms. The predicted octanol–water partition coefficient (Wildman–Crippen LogP) is 2.44. The van der Waals surface area contributed by atoms with Crippen LogP contribution in [0.1, 0.15) is 40.5 Å². The Kier molecular flexibility index (Phi) is 2.63. The van der Waals surface area contributed by atoms with Gasteiger partial charge in [-0.15, -0.1) is 0 Å². The molecule has 2 aliphatic carbocycles. The smallest absolute Gasteiger partial charge is 0.0601 e. The molecule has 2 nitrogen and oxygen atoms in total. The van der Waals surface area contributed by atoms with Gasteiger partial charge in [0.25, 0.3) is 0 Å². The minimum atomic E-state index is 0.516. The van der Waals surface area contributed by atoms with E-state index in [1.807, 2.05) is 7.11 Å². The number of nitrogens with one attached hydrogen (secondary N) is 1. The van der Waals surface area contributed by atoms with E-state index >= 15 is 0 Å². The van der Waals surface area contributed by atoms with Crippen LogP contribution in [0, 0.1) is 16.7 Å². The Labute approximate surface area is 93.8 Å². The fourth-order valence-electron chi connectivity index (χ4n) is 3.05. The highest BCUT2D eigenvalue weighted by Crippen LogP contribution is 2.67. The molecule has 2 rings (SSSR count). The number of rotatable bonds is 4. The van der Waals surface area contributed by atoms with Gasteiger partial charge in [-0.2, -0.15) is 0 Å². The van der Waals surface area contributed by atoms with Crippen LogP contribution in [-0.4, -0.2) is 25.8 Å². The van der Waals surface area contributed by atoms with Crippen molar-refractivity contribution in [3.8, 4) is 0 Å². The van der Waals surface area contributed by atoms with E-state index in [2.05, 4.69) is 33.0 Å². The zero-order valence-corrected chi connectivity index (χ0v) is 10.8. The average molecular weight is 211 g/mol. The fraction of sp³-hybridized carbons (Fsp3) is 1.00. The van der Waals surface area contributed by atoms with Crippen LogP contribution in [-0.2, 0) is 4.74 Å². The number of hydrogen-bond donors (Lipinski definition) is 1. The molecule has 0 radical (unpaired) electrons. The second-order valence-corrected chi connectivity index (χ2v) is 6.43. The van der Waals surface area contributed by atoms with Crippen LogP contribution in [0.5, 0.6) is 0 Å². The maximum absolute atomic E-state index is 5.28. The van der Waals surface area contributed by atoms with E-state index in [1.165, 1.54) is 19.4 Å². The van der Waals surface area contributed by atoms with Crippen molar-refractivity contribution in [2.45, 2.75) is 52.7 Å². The van der Waals surface area contributed by atoms with Crippen molar-refractivity contribution in [3.63, 3.8) is 0 Å². The van der Waals surface area contributed by atoms with Crippen molar-refractivity contribution >= 4 is 0 Å². The number of ether oxygens (including phenoxy) is 1. The first-order chi connectivity index (χ1) is 6.89. The SMILES string of the molecule is COC1CC(NCC2C(C)(C)C2(C)C)C1. The summed E-state index contributed by atoms with van der Waals surface area (Å²) in [4.78, 5) is 0. The third-order valence-corrected chi connectivity index (χ3v) is 5.36. The van der Waals surface area contributed by atoms with Crippen LogP contribution < -0.4 is 5.32 Å². The largest absolute Gasteiger partial charge is 0.381 e. The van der Waals surface area contributed by atoms with E-state index in [4.69, 9.17) is 4.74 Å². The van der Waals surface area contributed by atoms with Crippen molar-refractivity contribution in [1.82, 2.24) is 5.32 Å². The lowest BCUT2D eigenvalue weighted by molar-refractivity contribution is 0.0169. The molecule has 0 bridgehead atoms. The summed E-state index contributed by atoms with van der Waals surface area (Å²) >= 11 is 0. The molecule has 0 amide bonds. The Bertz CT molecular complexity index is 227. The van der Waals surface area contributed by atoms with Crippen molar-refractivity contribution < 1.29 is 4.74 Å². The molecule has 2 aliphatic rings. The quantitative estimate of drug-likeness (QED) is 0.771. The molecule has 2 heteroatoms. The Balaban J connectivity index is 1.69. The summed E-state index contributed by atoms with van der Waals surface area (Å²) in [6.07, 6.45) is 2.91. The Morgan fingerprint density at radius 1 is 1.13 bits per heavy atom. The van der Waals surface area contributed by atoms with Gasteiger partial charge in [0.2, 0.25) is 0 Å². The van der Waals surface area contributed by atoms with Gasteiger partial charge < -0.3 is 10.1 Å². The van der Waals surface area contributed by atoms with Crippen LogP contribution in [0.15, 0.2) is 0 Å². The van der Waals surface area contributed by atoms with Gasteiger partial charge in [0.15, 0.2) is 0 Å². The molecule has 0 aliphatic heterocycles. The van der Waals surface area contributed by atoms with E-state index in [0.29, 0.717) is 23.0 Å². The molecule has 2 saturated carbocycles. The van der Waals surface area contributed by atoms with Crippen LogP contribution in [0.3, 0.4) is 0 Å². The zero-order valence-electron chi connectivity index (χ0n) is 10.8. The van der Waals surface area contributed by atoms with E-state index < -0.39 is 0 Å². The third-order valence-electron chi connectivity index (χ3n) is 5.36. The van der Waals surface area contributed by atoms with Gasteiger partial charge >= 0.3 is 0 Å². The lowest BCUT2D eigenvalue weighted by Crippen LogP contribution is -2.46. The summed E-state index contributed by atoms with van der Waals surface area (Å²) in [5.41, 5.74) is 1.04. The number of hydrogen-bond acceptors (Lipinski definition) is 2. The summed E-state index contributed by atoms with van der Waals surface area (Å²) in [6, 6.07) is 0.710. The first-order valence-corrected chi connectivity index (χ1v) is 6.15. The van der Waals surface area contributed by atoms with Crippen LogP contribution in [0.25, 0.3) is 0 Å². The molecule has 0 aromatic rings. The highest BCUT2D eigenvalue weighted by molar-refractivity contribution is 5.13. The van der Waals surface area contributed by atoms with Gasteiger partial charge in [0.1, 0.15) is 0 Å². The highest BCUT2D eigenvalue weighted by atomic mass is 16.5. The normalized spacial score (nSPS) is 37.4. The lowest BCUT2D eigenvalue weighted by Gasteiger charge is -2.35. The van der Waals surface area contributed by atoms with Gasteiger partial charge in [-0.25, -0.2) is 0 Å². The molecule has 0 unspecified atom stereocenters. The van der Waals surface area contributed by atoms with E-state index in [9.17, 15) is 0 Å². The summed E-state index contributed by atoms with van der Waals surface area (Å²) in [7, 11) is 1.81. The monoisotopic (exact) mass is 211 g/mol. The summed E-state index contributed by atoms with van der Waals surface area (Å²) in [5.74, 6) is 0.839. The van der Waals surface area contributed by atoms with Gasteiger partial charge in [0, 0.05) is 13.2 Å². The molecule has 0 aromatic heterocycles. The first-order valence-electron chi connectivity index (χ1n) is 6.15. The Morgan fingerprint density at radius 2 is 1.67 bits per heavy atom. The second kappa shape index (κ2) is 3.46. The van der Waals surface area contributed by atoms with Crippen molar-refractivity contribution in [2.75, 3.05) is 13.7 Å². The Morgan fingerprint density at radius 3 is 2.07 bits per heavy atom. The number of methoxy groups -OCH3 is 1. The van der Waals surface area contributed by atoms with Crippen molar-refractivity contribution in [1.29, 1.82) is 0 Å². The molecule has 0 aromatic carbocycles. The molecule has 0 heterocycles. The summed E-state index contributed by atoms with van der Waals surface area (Å²) in [5, 5.41) is 3.68. The minimum absolute atomic E-state index is 0.516. The molecule has 2 fully saturated rings. The van der Waals surface area contributed by atoms with E-state index in [1.54, 1.807) is 0 Å². The van der Waals surface area contributed by atoms with E-state index in [-0.39, 0.29) is 0 Å². The second-order valence-electron chi connectivity index (χ2n) is 6.43. The predicted molar refractivity (Wildman–Crippen MR) is 62.9 cm³/mol. The first kappa shape index (κ1) is 11.4. The van der Waals surface area contributed by atoms with Crippen LogP contribution >= 0.6 is 0 Å². The summed E-state index contributed by atoms with van der Waals surface area (Å²) < 4.78 is 5.28. The van der Waals surface area contributed by atoms with E-state index in [0.717, 1.165) is 5.92 Å². The van der Waals surface area contributed by atoms with Gasteiger partial charge in [-0.1, -0.05) is 27.7 Å². The van der Waals surface area contributed by atoms with Gasteiger partial charge in [-0.3, -0.25) is 0 Å². The van der Waals surface area contributed by atoms with Crippen LogP contribution in [0.2, 0.25) is 0 Å². The van der Waals surface area contributed by atoms with Crippen molar-refractivity contribution in [2.24, 2.45) is 16.7 Å². The molecule has 1 N–H and O–H groups in total. The molecule has 0 saturated heterocycles. The molecular formula is C13H25NO. The molecule has 15 heavy (non-hydrogen) atoms. The minimum Gasteiger partial charge on any atom is -0.381 e. The average Bonchev–Trinajstić information content (AvgIpc) is 2.44. The van der Waals surface area contributed by atoms with Crippen LogP contribution in [0.4, 0.5) is 0 Å². The van der Waals surface area contributed by atoms with Crippen molar-refractivity contribution in [3.05, 3.63) is 0 Å². The van der Waals surface area contributed by atoms with Gasteiger partial charge in [-0.05, 0) is 36.1 Å². The topological polar surface area (TPSA) is 21.3 Å². The molecule has 88 valence electrons. The maximum Gasteiger partial charge on any atom is 0.0601 e. The fourth-order valence-corrected chi connectivity index (χ4v) is 3.05. The Hall–Kier alpha value is -0.0800. The zero-order chi connectivity index (χ0) is 11.3. The maximum atomic E-state index is 5.28. The molecular weight excluding hydrogens is 186 g/mol. The highest BCUT2D eigenvalue weighted by Gasteiger charge is 2.64. The van der Waals surface area contributed by atoms with Gasteiger partial charge in [0.05, 0.1) is 6.10 Å². The third kappa shape index (κ3) is 1.72. The standard InChI is InChI=1S/C13H25NO/c1-12(2)11(13(12,3)4)8-14-9-6-10(7-9)15-5/h9-11,14H,6-8H2,1-5H3. The lowest BCUT2D eigenvalue weighted by atomic mass is 9.89. The molecule has 0 atom stereocenters.